The van der Waals surface area contributed by atoms with E-state index in [4.69, 9.17) is 26.5 Å². The van der Waals surface area contributed by atoms with Crippen molar-refractivity contribution in [2.45, 2.75) is 12.3 Å². The maximum Gasteiger partial charge on any atom is 0.305 e. The van der Waals surface area contributed by atoms with E-state index in [1.807, 2.05) is 30.3 Å². The summed E-state index contributed by atoms with van der Waals surface area (Å²) in [6.07, 6.45) is 0.341. The Hall–Kier alpha value is -1.77. The number of benzene rings is 1. The second kappa shape index (κ2) is 7.30. The second-order valence-electron chi connectivity index (χ2n) is 4.99. The number of hydrogen-bond acceptors (Lipinski definition) is 5. The van der Waals surface area contributed by atoms with Crippen molar-refractivity contribution in [1.82, 2.24) is 4.42 Å². The number of ether oxygens (including phenoxy) is 2. The first-order chi connectivity index (χ1) is 10.1. The Labute approximate surface area is 129 Å². The minimum atomic E-state index is -0.228. The molecule has 21 heavy (non-hydrogen) atoms. The van der Waals surface area contributed by atoms with Crippen LogP contribution in [0.3, 0.4) is 0 Å². The van der Waals surface area contributed by atoms with Gasteiger partial charge in [-0.1, -0.05) is 12.1 Å². The van der Waals surface area contributed by atoms with Crippen molar-refractivity contribution in [1.29, 1.82) is 5.26 Å². The van der Waals surface area contributed by atoms with Crippen molar-refractivity contribution >= 4 is 17.7 Å². The molecule has 1 heterocycles. The minimum absolute atomic E-state index is 0.0152. The van der Waals surface area contributed by atoms with Crippen LogP contribution in [0.25, 0.3) is 0 Å². The Morgan fingerprint density at radius 1 is 1.52 bits per heavy atom. The average Bonchev–Trinajstić information content (AvgIpc) is 2.86. The Bertz CT molecular complexity index is 544. The standard InChI is InChI=1S/C15H17ClN2O3/c1-20-15(19)8-12-9-18(16)10-14(12)11-3-2-4-13(7-11)21-6-5-17/h2-4,7,12,14H,6,8-10H2,1H3/t12-,14-/m0/s1. The van der Waals surface area contributed by atoms with Crippen molar-refractivity contribution in [2.75, 3.05) is 26.8 Å². The van der Waals surface area contributed by atoms with E-state index in [-0.39, 0.29) is 24.4 Å². The molecule has 0 amide bonds. The van der Waals surface area contributed by atoms with Crippen molar-refractivity contribution in [2.24, 2.45) is 5.92 Å². The number of nitriles is 1. The van der Waals surface area contributed by atoms with Crippen LogP contribution in [0.4, 0.5) is 0 Å². The van der Waals surface area contributed by atoms with Gasteiger partial charge in [-0.15, -0.1) is 0 Å². The third-order valence-electron chi connectivity index (χ3n) is 3.64. The maximum absolute atomic E-state index is 11.5. The predicted molar refractivity (Wildman–Crippen MR) is 77.8 cm³/mol. The fourth-order valence-electron chi connectivity index (χ4n) is 2.65. The molecule has 1 aromatic carbocycles. The van der Waals surface area contributed by atoms with Gasteiger partial charge in [-0.25, -0.2) is 4.42 Å². The van der Waals surface area contributed by atoms with Gasteiger partial charge in [0.2, 0.25) is 0 Å². The largest absolute Gasteiger partial charge is 0.479 e. The second-order valence-corrected chi connectivity index (χ2v) is 5.47. The molecular formula is C15H17ClN2O3. The molecule has 5 nitrogen and oxygen atoms in total. The number of rotatable bonds is 5. The Morgan fingerprint density at radius 3 is 3.05 bits per heavy atom. The van der Waals surface area contributed by atoms with Crippen molar-refractivity contribution in [3.8, 4) is 11.8 Å². The molecule has 6 heteroatoms. The Balaban J connectivity index is 2.14. The monoisotopic (exact) mass is 308 g/mol. The van der Waals surface area contributed by atoms with Crippen LogP contribution in [0.2, 0.25) is 0 Å². The van der Waals surface area contributed by atoms with Gasteiger partial charge in [0, 0.05) is 19.0 Å². The number of nitrogens with zero attached hydrogens (tertiary/aromatic N) is 2. The van der Waals surface area contributed by atoms with Crippen LogP contribution in [0, 0.1) is 17.2 Å². The fourth-order valence-corrected chi connectivity index (χ4v) is 2.98. The zero-order valence-corrected chi connectivity index (χ0v) is 12.5. The first kappa shape index (κ1) is 15.6. The summed E-state index contributed by atoms with van der Waals surface area (Å²) in [6, 6.07) is 9.53. The molecule has 0 aliphatic carbocycles. The molecule has 0 aromatic heterocycles. The van der Waals surface area contributed by atoms with Gasteiger partial charge in [-0.05, 0) is 35.4 Å². The number of esters is 1. The first-order valence-corrected chi connectivity index (χ1v) is 7.05. The van der Waals surface area contributed by atoms with E-state index < -0.39 is 0 Å². The Morgan fingerprint density at radius 2 is 2.33 bits per heavy atom. The topological polar surface area (TPSA) is 62.6 Å². The van der Waals surface area contributed by atoms with Gasteiger partial charge in [-0.3, -0.25) is 4.79 Å². The van der Waals surface area contributed by atoms with Gasteiger partial charge >= 0.3 is 5.97 Å². The van der Waals surface area contributed by atoms with Crippen LogP contribution >= 0.6 is 11.8 Å². The highest BCUT2D eigenvalue weighted by molar-refractivity contribution is 6.13. The molecule has 1 aliphatic rings. The van der Waals surface area contributed by atoms with Crippen LogP contribution in [-0.4, -0.2) is 37.2 Å². The molecule has 1 aromatic rings. The van der Waals surface area contributed by atoms with Gasteiger partial charge < -0.3 is 9.47 Å². The van der Waals surface area contributed by atoms with E-state index in [9.17, 15) is 4.79 Å². The van der Waals surface area contributed by atoms with Crippen LogP contribution < -0.4 is 4.74 Å². The SMILES string of the molecule is COC(=O)C[C@H]1CN(Cl)C[C@H]1c1cccc(OCC#N)c1. The van der Waals surface area contributed by atoms with Crippen molar-refractivity contribution < 1.29 is 14.3 Å². The quantitative estimate of drug-likeness (QED) is 0.617. The molecule has 0 spiro atoms. The summed E-state index contributed by atoms with van der Waals surface area (Å²) < 4.78 is 11.8. The van der Waals surface area contributed by atoms with Crippen LogP contribution in [0.15, 0.2) is 24.3 Å². The summed E-state index contributed by atoms with van der Waals surface area (Å²) in [5.74, 6) is 0.682. The third-order valence-corrected chi connectivity index (χ3v) is 3.92. The third kappa shape index (κ3) is 4.10. The number of carbonyl (C=O) groups is 1. The Kier molecular flexibility index (Phi) is 5.43. The lowest BCUT2D eigenvalue weighted by Crippen LogP contribution is -2.16. The van der Waals surface area contributed by atoms with Crippen LogP contribution in [0.1, 0.15) is 17.9 Å². The van der Waals surface area contributed by atoms with Crippen LogP contribution in [0.5, 0.6) is 5.75 Å². The lowest BCUT2D eigenvalue weighted by Gasteiger charge is -2.18. The molecule has 112 valence electrons. The average molecular weight is 309 g/mol. The number of halogens is 1. The molecular weight excluding hydrogens is 292 g/mol. The molecule has 2 atom stereocenters. The minimum Gasteiger partial charge on any atom is -0.479 e. The molecule has 1 saturated heterocycles. The summed E-state index contributed by atoms with van der Waals surface area (Å²) in [4.78, 5) is 11.5. The summed E-state index contributed by atoms with van der Waals surface area (Å²) in [5, 5.41) is 8.56. The lowest BCUT2D eigenvalue weighted by molar-refractivity contribution is -0.141. The van der Waals surface area contributed by atoms with Gasteiger partial charge in [0.15, 0.2) is 6.61 Å². The summed E-state index contributed by atoms with van der Waals surface area (Å²) in [7, 11) is 1.39. The van der Waals surface area contributed by atoms with Gasteiger partial charge in [-0.2, -0.15) is 5.26 Å². The summed E-state index contributed by atoms with van der Waals surface area (Å²) >= 11 is 6.11. The molecule has 2 rings (SSSR count). The van der Waals surface area contributed by atoms with Crippen LogP contribution in [-0.2, 0) is 9.53 Å². The van der Waals surface area contributed by atoms with E-state index in [1.54, 1.807) is 4.42 Å². The summed E-state index contributed by atoms with van der Waals surface area (Å²) in [5.41, 5.74) is 1.06. The molecule has 0 unspecified atom stereocenters. The van der Waals surface area contributed by atoms with E-state index in [1.165, 1.54) is 7.11 Å². The zero-order chi connectivity index (χ0) is 15.2. The molecule has 0 bridgehead atoms. The highest BCUT2D eigenvalue weighted by atomic mass is 35.5. The number of methoxy groups -OCH3 is 1. The zero-order valence-electron chi connectivity index (χ0n) is 11.8. The highest BCUT2D eigenvalue weighted by Crippen LogP contribution is 2.36. The van der Waals surface area contributed by atoms with Gasteiger partial charge in [0.25, 0.3) is 0 Å². The maximum atomic E-state index is 11.5. The number of carbonyl (C=O) groups excluding carboxylic acids is 1. The van der Waals surface area contributed by atoms with Gasteiger partial charge in [0.1, 0.15) is 11.8 Å². The molecule has 1 aliphatic heterocycles. The summed E-state index contributed by atoms with van der Waals surface area (Å²) in [6.45, 7) is 1.33. The highest BCUT2D eigenvalue weighted by Gasteiger charge is 2.35. The smallest absolute Gasteiger partial charge is 0.305 e. The normalized spacial score (nSPS) is 21.8. The predicted octanol–water partition coefficient (Wildman–Crippen LogP) is 2.32. The van der Waals surface area contributed by atoms with E-state index in [2.05, 4.69) is 0 Å². The first-order valence-electron chi connectivity index (χ1n) is 6.71. The van der Waals surface area contributed by atoms with Gasteiger partial charge in [0.05, 0.1) is 13.5 Å². The lowest BCUT2D eigenvalue weighted by atomic mass is 9.87. The van der Waals surface area contributed by atoms with Crippen molar-refractivity contribution in [3.05, 3.63) is 29.8 Å². The van der Waals surface area contributed by atoms with Crippen molar-refractivity contribution in [3.63, 3.8) is 0 Å². The molecule has 0 saturated carbocycles. The fraction of sp³-hybridized carbons (Fsp3) is 0.467. The molecule has 0 N–H and O–H groups in total. The van der Waals surface area contributed by atoms with E-state index in [0.717, 1.165) is 5.56 Å². The molecule has 1 fully saturated rings. The molecule has 0 radical (unpaired) electrons. The van der Waals surface area contributed by atoms with E-state index >= 15 is 0 Å². The van der Waals surface area contributed by atoms with E-state index in [0.29, 0.717) is 25.3 Å². The number of hydrogen-bond donors (Lipinski definition) is 0.